The summed E-state index contributed by atoms with van der Waals surface area (Å²) in [5.74, 6) is -0.723. The smallest absolute Gasteiger partial charge is 0.246 e. The maximum Gasteiger partial charge on any atom is 0.246 e. The van der Waals surface area contributed by atoms with Gasteiger partial charge in [-0.3, -0.25) is 0 Å². The Morgan fingerprint density at radius 2 is 2.00 bits per heavy atom. The highest BCUT2D eigenvalue weighted by molar-refractivity contribution is 7.89. The van der Waals surface area contributed by atoms with Crippen molar-refractivity contribution in [1.82, 2.24) is 9.29 Å². The molecule has 0 N–H and O–H groups in total. The van der Waals surface area contributed by atoms with Crippen LogP contribution in [0.4, 0.5) is 4.39 Å². The van der Waals surface area contributed by atoms with Crippen LogP contribution in [0.1, 0.15) is 41.0 Å². The Bertz CT molecular complexity index is 795. The van der Waals surface area contributed by atoms with Gasteiger partial charge in [-0.1, -0.05) is 19.1 Å². The first-order valence-electron chi connectivity index (χ1n) is 7.39. The summed E-state index contributed by atoms with van der Waals surface area (Å²) < 4.78 is 41.0. The first-order valence-corrected chi connectivity index (χ1v) is 9.65. The van der Waals surface area contributed by atoms with E-state index in [4.69, 9.17) is 0 Å². The molecule has 0 aliphatic heterocycles. The summed E-state index contributed by atoms with van der Waals surface area (Å²) in [5, 5.41) is 0.970. The van der Waals surface area contributed by atoms with Gasteiger partial charge in [-0.2, -0.15) is 4.31 Å². The average molecular weight is 356 g/mol. The highest BCUT2D eigenvalue weighted by Crippen LogP contribution is 2.33. The van der Waals surface area contributed by atoms with Gasteiger partial charge >= 0.3 is 0 Å². The predicted octanol–water partition coefficient (Wildman–Crippen LogP) is 3.84. The van der Waals surface area contributed by atoms with Crippen LogP contribution in [0.2, 0.25) is 0 Å². The lowest BCUT2D eigenvalue weighted by molar-refractivity contribution is 0.398. The van der Waals surface area contributed by atoms with Gasteiger partial charge in [0.15, 0.2) is 0 Å². The third-order valence-corrected chi connectivity index (χ3v) is 7.48. The number of thiazole rings is 1. The van der Waals surface area contributed by atoms with Crippen molar-refractivity contribution in [2.45, 2.75) is 45.1 Å². The molecule has 2 aromatic rings. The molecule has 126 valence electrons. The van der Waals surface area contributed by atoms with Gasteiger partial charge in [0.05, 0.1) is 16.7 Å². The highest BCUT2D eigenvalue weighted by atomic mass is 32.2. The molecule has 23 heavy (non-hydrogen) atoms. The van der Waals surface area contributed by atoms with E-state index in [9.17, 15) is 12.8 Å². The molecular formula is C16H21FN2O2S2. The van der Waals surface area contributed by atoms with Crippen LogP contribution in [0.15, 0.2) is 23.1 Å². The molecule has 0 saturated heterocycles. The molecule has 7 heteroatoms. The molecular weight excluding hydrogens is 335 g/mol. The molecule has 0 fully saturated rings. The van der Waals surface area contributed by atoms with Crippen LogP contribution in [0.5, 0.6) is 0 Å². The van der Waals surface area contributed by atoms with Crippen LogP contribution >= 0.6 is 11.3 Å². The van der Waals surface area contributed by atoms with E-state index in [0.717, 1.165) is 22.0 Å². The van der Waals surface area contributed by atoms with E-state index in [1.54, 1.807) is 19.9 Å². The molecule has 0 bridgehead atoms. The summed E-state index contributed by atoms with van der Waals surface area (Å²) in [4.78, 5) is 5.08. The Balaban J connectivity index is 2.45. The number of aryl methyl sites for hydroxylation is 3. The predicted molar refractivity (Wildman–Crippen MR) is 90.7 cm³/mol. The molecule has 0 amide bonds. The summed E-state index contributed by atoms with van der Waals surface area (Å²) in [6, 6.07) is 3.87. The normalized spacial score (nSPS) is 13.5. The number of rotatable bonds is 5. The van der Waals surface area contributed by atoms with E-state index in [1.807, 2.05) is 13.8 Å². The topological polar surface area (TPSA) is 50.3 Å². The zero-order valence-corrected chi connectivity index (χ0v) is 15.6. The van der Waals surface area contributed by atoms with Crippen LogP contribution in [-0.4, -0.2) is 24.8 Å². The average Bonchev–Trinajstić information content (AvgIpc) is 2.86. The molecule has 1 aromatic heterocycles. The fraction of sp³-hybridized carbons (Fsp3) is 0.438. The summed E-state index contributed by atoms with van der Waals surface area (Å²) in [6.07, 6.45) is 0.807. The van der Waals surface area contributed by atoms with Gasteiger partial charge < -0.3 is 0 Å². The van der Waals surface area contributed by atoms with Crippen molar-refractivity contribution < 1.29 is 12.8 Å². The molecule has 1 aromatic carbocycles. The van der Waals surface area contributed by atoms with Gasteiger partial charge in [0.1, 0.15) is 10.7 Å². The molecule has 1 unspecified atom stereocenters. The fourth-order valence-corrected chi connectivity index (χ4v) is 5.23. The van der Waals surface area contributed by atoms with E-state index in [-0.39, 0.29) is 4.90 Å². The molecule has 0 saturated carbocycles. The highest BCUT2D eigenvalue weighted by Gasteiger charge is 2.31. The van der Waals surface area contributed by atoms with Crippen molar-refractivity contribution in [2.24, 2.45) is 0 Å². The first kappa shape index (κ1) is 18.0. The van der Waals surface area contributed by atoms with Gasteiger partial charge in [0.25, 0.3) is 0 Å². The Kier molecular flexibility index (Phi) is 5.23. The molecule has 0 spiro atoms. The quantitative estimate of drug-likeness (QED) is 0.818. The number of halogens is 1. The van der Waals surface area contributed by atoms with Gasteiger partial charge in [-0.05, 0) is 38.8 Å². The monoisotopic (exact) mass is 356 g/mol. The second-order valence-electron chi connectivity index (χ2n) is 5.49. The van der Waals surface area contributed by atoms with Crippen LogP contribution in [-0.2, 0) is 16.4 Å². The van der Waals surface area contributed by atoms with Gasteiger partial charge in [-0.15, -0.1) is 11.3 Å². The SMILES string of the molecule is CCc1nc(C)c(C(C)N(C)S(=O)(=O)c2c(C)cccc2F)s1. The van der Waals surface area contributed by atoms with E-state index >= 15 is 0 Å². The van der Waals surface area contributed by atoms with E-state index in [2.05, 4.69) is 4.98 Å². The third-order valence-electron chi connectivity index (χ3n) is 3.91. The maximum atomic E-state index is 14.1. The van der Waals surface area contributed by atoms with Gasteiger partial charge in [0, 0.05) is 11.9 Å². The summed E-state index contributed by atoms with van der Waals surface area (Å²) in [6.45, 7) is 7.28. The molecule has 4 nitrogen and oxygen atoms in total. The van der Waals surface area contributed by atoms with Crippen molar-refractivity contribution in [3.05, 3.63) is 45.2 Å². The van der Waals surface area contributed by atoms with Crippen molar-refractivity contribution in [3.63, 3.8) is 0 Å². The number of nitrogens with zero attached hydrogens (tertiary/aromatic N) is 2. The van der Waals surface area contributed by atoms with E-state index in [1.165, 1.54) is 34.8 Å². The minimum atomic E-state index is -3.92. The Morgan fingerprint density at radius 1 is 1.35 bits per heavy atom. The first-order chi connectivity index (χ1) is 10.7. The Morgan fingerprint density at radius 3 is 2.52 bits per heavy atom. The van der Waals surface area contributed by atoms with Crippen LogP contribution in [0, 0.1) is 19.7 Å². The van der Waals surface area contributed by atoms with Crippen LogP contribution in [0.25, 0.3) is 0 Å². The van der Waals surface area contributed by atoms with Gasteiger partial charge in [0.2, 0.25) is 10.0 Å². The minimum Gasteiger partial charge on any atom is -0.246 e. The zero-order chi connectivity index (χ0) is 17.4. The standard InChI is InChI=1S/C16H21FN2O2S2/c1-6-14-18-11(3)15(22-14)12(4)19(5)23(20,21)16-10(2)8-7-9-13(16)17/h7-9,12H,6H2,1-5H3. The lowest BCUT2D eigenvalue weighted by atomic mass is 10.2. The number of hydrogen-bond donors (Lipinski definition) is 0. The number of benzene rings is 1. The lowest BCUT2D eigenvalue weighted by Crippen LogP contribution is -2.31. The van der Waals surface area contributed by atoms with E-state index in [0.29, 0.717) is 5.56 Å². The maximum absolute atomic E-state index is 14.1. The Labute approximate surface area is 141 Å². The summed E-state index contributed by atoms with van der Waals surface area (Å²) >= 11 is 1.50. The molecule has 1 heterocycles. The molecule has 2 rings (SSSR count). The van der Waals surface area contributed by atoms with Gasteiger partial charge in [-0.25, -0.2) is 17.8 Å². The van der Waals surface area contributed by atoms with Crippen molar-refractivity contribution in [2.75, 3.05) is 7.05 Å². The van der Waals surface area contributed by atoms with E-state index < -0.39 is 21.9 Å². The largest absolute Gasteiger partial charge is 0.246 e. The molecule has 1 atom stereocenters. The van der Waals surface area contributed by atoms with Crippen molar-refractivity contribution in [1.29, 1.82) is 0 Å². The number of hydrogen-bond acceptors (Lipinski definition) is 4. The number of sulfonamides is 1. The zero-order valence-electron chi connectivity index (χ0n) is 13.9. The summed E-state index contributed by atoms with van der Waals surface area (Å²) in [7, 11) is -2.44. The fourth-order valence-electron chi connectivity index (χ4n) is 2.47. The second kappa shape index (κ2) is 6.67. The van der Waals surface area contributed by atoms with Crippen LogP contribution < -0.4 is 0 Å². The molecule has 0 aliphatic rings. The second-order valence-corrected chi connectivity index (χ2v) is 8.54. The van der Waals surface area contributed by atoms with Crippen molar-refractivity contribution >= 4 is 21.4 Å². The third kappa shape index (κ3) is 3.32. The minimum absolute atomic E-state index is 0.257. The lowest BCUT2D eigenvalue weighted by Gasteiger charge is -2.24. The van der Waals surface area contributed by atoms with Crippen molar-refractivity contribution in [3.8, 4) is 0 Å². The van der Waals surface area contributed by atoms with Crippen LogP contribution in [0.3, 0.4) is 0 Å². The molecule has 0 aliphatic carbocycles. The summed E-state index contributed by atoms with van der Waals surface area (Å²) in [5.41, 5.74) is 1.23. The molecule has 0 radical (unpaired) electrons. The Hall–Kier alpha value is -1.31. The number of aromatic nitrogens is 1.